The second kappa shape index (κ2) is 13.1. The van der Waals surface area contributed by atoms with Crippen LogP contribution in [0, 0.1) is 0 Å². The van der Waals surface area contributed by atoms with Gasteiger partial charge in [-0.1, -0.05) is 84.9 Å². The van der Waals surface area contributed by atoms with Gasteiger partial charge in [-0.05, 0) is 49.2 Å². The predicted molar refractivity (Wildman–Crippen MR) is 145 cm³/mol. The quantitative estimate of drug-likeness (QED) is 0.209. The maximum atomic E-state index is 12.5. The highest BCUT2D eigenvalue weighted by Gasteiger charge is 2.25. The number of hydrogen-bond donors (Lipinski definition) is 0. The van der Waals surface area contributed by atoms with Gasteiger partial charge in [-0.25, -0.2) is 9.59 Å². The Morgan fingerprint density at radius 2 is 0.868 bits per heavy atom. The molecular weight excluding hydrogens is 480 g/mol. The molecule has 0 aromatic heterocycles. The third-order valence-corrected chi connectivity index (χ3v) is 5.76. The Morgan fingerprint density at radius 3 is 1.18 bits per heavy atom. The van der Waals surface area contributed by atoms with E-state index in [1.807, 2.05) is 109 Å². The van der Waals surface area contributed by atoms with Crippen LogP contribution in [0.1, 0.15) is 37.2 Å². The van der Waals surface area contributed by atoms with Crippen molar-refractivity contribution in [3.63, 3.8) is 0 Å². The topological polar surface area (TPSA) is 71.1 Å². The smallest absolute Gasteiger partial charge is 0.352 e. The van der Waals surface area contributed by atoms with Crippen molar-refractivity contribution in [3.8, 4) is 22.6 Å². The molecule has 0 spiro atoms. The van der Waals surface area contributed by atoms with Gasteiger partial charge in [0, 0.05) is 11.1 Å². The van der Waals surface area contributed by atoms with E-state index in [0.717, 1.165) is 22.3 Å². The lowest BCUT2D eigenvalue weighted by Crippen LogP contribution is -2.21. The Balaban J connectivity index is 1.47. The molecule has 0 amide bonds. The maximum Gasteiger partial charge on any atom is 0.352 e. The van der Waals surface area contributed by atoms with Crippen molar-refractivity contribution in [2.24, 2.45) is 0 Å². The van der Waals surface area contributed by atoms with Crippen LogP contribution < -0.4 is 9.47 Å². The van der Waals surface area contributed by atoms with E-state index in [4.69, 9.17) is 18.9 Å². The molecule has 0 saturated carbocycles. The first-order valence-electron chi connectivity index (χ1n) is 12.6. The van der Waals surface area contributed by atoms with Gasteiger partial charge in [-0.3, -0.25) is 0 Å². The highest BCUT2D eigenvalue weighted by atomic mass is 16.6. The minimum atomic E-state index is -0.851. The highest BCUT2D eigenvalue weighted by molar-refractivity contribution is 5.77. The van der Waals surface area contributed by atoms with Crippen LogP contribution in [0.3, 0.4) is 0 Å². The van der Waals surface area contributed by atoms with E-state index in [1.165, 1.54) is 0 Å². The zero-order chi connectivity index (χ0) is 26.7. The van der Waals surface area contributed by atoms with E-state index in [1.54, 1.807) is 13.8 Å². The zero-order valence-corrected chi connectivity index (χ0v) is 21.4. The van der Waals surface area contributed by atoms with Crippen molar-refractivity contribution in [1.82, 2.24) is 0 Å². The van der Waals surface area contributed by atoms with Crippen LogP contribution in [0.5, 0.6) is 11.5 Å². The normalized spacial score (nSPS) is 12.2. The average molecular weight is 511 g/mol. The summed E-state index contributed by atoms with van der Waals surface area (Å²) in [6.07, 6.45) is -1.70. The van der Waals surface area contributed by atoms with Crippen molar-refractivity contribution in [2.75, 3.05) is 13.2 Å². The minimum Gasteiger partial charge on any atom is -0.474 e. The van der Waals surface area contributed by atoms with Crippen molar-refractivity contribution in [3.05, 3.63) is 120 Å². The van der Waals surface area contributed by atoms with Gasteiger partial charge in [-0.15, -0.1) is 0 Å². The standard InChI is InChI=1S/C32H30O6/c1-3-35-31(33)29(25-11-7-5-8-12-25)37-27-19-15-23(16-20-27)24-17-21-28(22-18-24)38-30(32(34)36-4-2)26-13-9-6-10-14-26/h5-22,29-30H,3-4H2,1-2H3/t29-,30-/m0/s1. The molecule has 4 aromatic carbocycles. The molecule has 0 aliphatic heterocycles. The maximum absolute atomic E-state index is 12.5. The molecule has 38 heavy (non-hydrogen) atoms. The van der Waals surface area contributed by atoms with E-state index >= 15 is 0 Å². The number of carbonyl (C=O) groups excluding carboxylic acids is 2. The molecule has 0 N–H and O–H groups in total. The molecular formula is C32H30O6. The number of ether oxygens (including phenoxy) is 4. The summed E-state index contributed by atoms with van der Waals surface area (Å²) in [6, 6.07) is 33.5. The second-order valence-electron chi connectivity index (χ2n) is 8.37. The first-order chi connectivity index (χ1) is 18.6. The molecule has 0 aliphatic rings. The average Bonchev–Trinajstić information content (AvgIpc) is 2.96. The third-order valence-electron chi connectivity index (χ3n) is 5.76. The van der Waals surface area contributed by atoms with Crippen LogP contribution in [0.15, 0.2) is 109 Å². The molecule has 0 fully saturated rings. The van der Waals surface area contributed by atoms with Gasteiger partial charge in [0.05, 0.1) is 13.2 Å². The summed E-state index contributed by atoms with van der Waals surface area (Å²) in [5, 5.41) is 0. The van der Waals surface area contributed by atoms with Gasteiger partial charge in [0.1, 0.15) is 11.5 Å². The highest BCUT2D eigenvalue weighted by Crippen LogP contribution is 2.29. The van der Waals surface area contributed by atoms with Crippen molar-refractivity contribution in [1.29, 1.82) is 0 Å². The fourth-order valence-electron chi connectivity index (χ4n) is 3.92. The SMILES string of the molecule is CCOC(=O)[C@@H](Oc1ccc(-c2ccc(O[C@H](C(=O)OCC)c3ccccc3)cc2)cc1)c1ccccc1. The van der Waals surface area contributed by atoms with Crippen LogP contribution >= 0.6 is 0 Å². The van der Waals surface area contributed by atoms with Crippen LogP contribution in [-0.4, -0.2) is 25.2 Å². The summed E-state index contributed by atoms with van der Waals surface area (Å²) in [7, 11) is 0. The summed E-state index contributed by atoms with van der Waals surface area (Å²) < 4.78 is 22.5. The van der Waals surface area contributed by atoms with Gasteiger partial charge in [0.25, 0.3) is 0 Å². The predicted octanol–water partition coefficient (Wildman–Crippen LogP) is 6.72. The molecule has 0 bridgehead atoms. The summed E-state index contributed by atoms with van der Waals surface area (Å²) in [6.45, 7) is 4.08. The first kappa shape index (κ1) is 26.5. The van der Waals surface area contributed by atoms with Gasteiger partial charge in [-0.2, -0.15) is 0 Å². The third kappa shape index (κ3) is 6.79. The number of hydrogen-bond acceptors (Lipinski definition) is 6. The lowest BCUT2D eigenvalue weighted by molar-refractivity contribution is -0.152. The van der Waals surface area contributed by atoms with Crippen LogP contribution in [0.2, 0.25) is 0 Å². The molecule has 0 aliphatic carbocycles. The molecule has 0 radical (unpaired) electrons. The molecule has 2 atom stereocenters. The zero-order valence-electron chi connectivity index (χ0n) is 21.4. The van der Waals surface area contributed by atoms with E-state index in [9.17, 15) is 9.59 Å². The van der Waals surface area contributed by atoms with E-state index in [0.29, 0.717) is 11.5 Å². The van der Waals surface area contributed by atoms with Crippen LogP contribution in [-0.2, 0) is 19.1 Å². The number of benzene rings is 4. The Bertz CT molecular complexity index is 1200. The molecule has 4 rings (SSSR count). The summed E-state index contributed by atoms with van der Waals surface area (Å²) >= 11 is 0. The monoisotopic (exact) mass is 510 g/mol. The summed E-state index contributed by atoms with van der Waals surface area (Å²) in [5.41, 5.74) is 3.37. The minimum absolute atomic E-state index is 0.274. The number of esters is 2. The molecule has 0 unspecified atom stereocenters. The van der Waals surface area contributed by atoms with E-state index in [2.05, 4.69) is 0 Å². The molecule has 6 nitrogen and oxygen atoms in total. The number of rotatable bonds is 11. The summed E-state index contributed by atoms with van der Waals surface area (Å²) in [5.74, 6) is 0.233. The Morgan fingerprint density at radius 1 is 0.526 bits per heavy atom. The Kier molecular flexibility index (Phi) is 9.13. The number of carbonyl (C=O) groups is 2. The van der Waals surface area contributed by atoms with E-state index < -0.39 is 24.1 Å². The lowest BCUT2D eigenvalue weighted by atomic mass is 10.1. The Labute approximate surface area is 222 Å². The molecule has 194 valence electrons. The van der Waals surface area contributed by atoms with Crippen LogP contribution in [0.25, 0.3) is 11.1 Å². The first-order valence-corrected chi connectivity index (χ1v) is 12.6. The summed E-state index contributed by atoms with van der Waals surface area (Å²) in [4.78, 5) is 25.1. The molecule has 0 saturated heterocycles. The molecule has 4 aromatic rings. The fourth-order valence-corrected chi connectivity index (χ4v) is 3.92. The van der Waals surface area contributed by atoms with E-state index in [-0.39, 0.29) is 13.2 Å². The molecule has 0 heterocycles. The van der Waals surface area contributed by atoms with Crippen molar-refractivity contribution < 1.29 is 28.5 Å². The Hall–Kier alpha value is -4.58. The largest absolute Gasteiger partial charge is 0.474 e. The van der Waals surface area contributed by atoms with Gasteiger partial charge < -0.3 is 18.9 Å². The fraction of sp³-hybridized carbons (Fsp3) is 0.188. The van der Waals surface area contributed by atoms with Crippen molar-refractivity contribution >= 4 is 11.9 Å². The van der Waals surface area contributed by atoms with Crippen molar-refractivity contribution in [2.45, 2.75) is 26.1 Å². The van der Waals surface area contributed by atoms with Gasteiger partial charge >= 0.3 is 11.9 Å². The van der Waals surface area contributed by atoms with Gasteiger partial charge in [0.15, 0.2) is 0 Å². The van der Waals surface area contributed by atoms with Gasteiger partial charge in [0.2, 0.25) is 12.2 Å². The van der Waals surface area contributed by atoms with Crippen LogP contribution in [0.4, 0.5) is 0 Å². The molecule has 6 heteroatoms. The lowest BCUT2D eigenvalue weighted by Gasteiger charge is -2.19. The second-order valence-corrected chi connectivity index (χ2v) is 8.37.